The standard InChI is InChI=1S/C16H17N5O2/c1-3-10-21-15(22)13-14(18-9-8-17-13)20-16(21)19-11-4-6-12(23-2)7-5-11/h4-9H,3,10H2,1-2H3,(H,18,19,20). The third-order valence-electron chi connectivity index (χ3n) is 3.39. The molecule has 1 N–H and O–H groups in total. The first-order valence-corrected chi connectivity index (χ1v) is 7.35. The smallest absolute Gasteiger partial charge is 0.283 e. The number of nitrogens with one attached hydrogen (secondary N) is 1. The number of rotatable bonds is 5. The highest BCUT2D eigenvalue weighted by Crippen LogP contribution is 2.19. The Morgan fingerprint density at radius 1 is 1.17 bits per heavy atom. The van der Waals surface area contributed by atoms with Gasteiger partial charge in [-0.05, 0) is 30.7 Å². The number of hydrogen-bond acceptors (Lipinski definition) is 6. The van der Waals surface area contributed by atoms with Gasteiger partial charge in [-0.25, -0.2) is 9.97 Å². The zero-order valence-corrected chi connectivity index (χ0v) is 13.0. The summed E-state index contributed by atoms with van der Waals surface area (Å²) in [6.07, 6.45) is 3.83. The van der Waals surface area contributed by atoms with Crippen molar-refractivity contribution >= 4 is 22.8 Å². The van der Waals surface area contributed by atoms with E-state index in [0.717, 1.165) is 17.9 Å². The number of anilines is 2. The van der Waals surface area contributed by atoms with E-state index in [1.807, 2.05) is 31.2 Å². The summed E-state index contributed by atoms with van der Waals surface area (Å²) >= 11 is 0. The second-order valence-corrected chi connectivity index (χ2v) is 4.97. The molecule has 0 saturated heterocycles. The molecule has 7 heteroatoms. The van der Waals surface area contributed by atoms with Crippen LogP contribution in [-0.2, 0) is 6.54 Å². The highest BCUT2D eigenvalue weighted by atomic mass is 16.5. The third-order valence-corrected chi connectivity index (χ3v) is 3.39. The number of benzene rings is 1. The van der Waals surface area contributed by atoms with Crippen LogP contribution >= 0.6 is 0 Å². The van der Waals surface area contributed by atoms with Crippen molar-refractivity contribution in [2.45, 2.75) is 19.9 Å². The van der Waals surface area contributed by atoms with Crippen LogP contribution in [0, 0.1) is 0 Å². The van der Waals surface area contributed by atoms with Crippen LogP contribution < -0.4 is 15.6 Å². The van der Waals surface area contributed by atoms with E-state index in [0.29, 0.717) is 18.1 Å². The minimum atomic E-state index is -0.194. The molecule has 3 rings (SSSR count). The van der Waals surface area contributed by atoms with Gasteiger partial charge in [0.25, 0.3) is 5.56 Å². The lowest BCUT2D eigenvalue weighted by atomic mass is 10.3. The molecule has 0 bridgehead atoms. The monoisotopic (exact) mass is 311 g/mol. The number of nitrogens with zero attached hydrogens (tertiary/aromatic N) is 4. The number of fused-ring (bicyclic) bond motifs is 1. The van der Waals surface area contributed by atoms with E-state index < -0.39 is 0 Å². The first-order valence-electron chi connectivity index (χ1n) is 7.35. The third kappa shape index (κ3) is 2.98. The first kappa shape index (κ1) is 15.0. The maximum absolute atomic E-state index is 12.6. The molecule has 0 aliphatic heterocycles. The Morgan fingerprint density at radius 3 is 2.61 bits per heavy atom. The molecule has 2 aromatic heterocycles. The highest BCUT2D eigenvalue weighted by molar-refractivity contribution is 5.70. The van der Waals surface area contributed by atoms with Crippen LogP contribution in [0.2, 0.25) is 0 Å². The molecule has 0 aliphatic carbocycles. The van der Waals surface area contributed by atoms with E-state index in [-0.39, 0.29) is 11.1 Å². The largest absolute Gasteiger partial charge is 0.497 e. The van der Waals surface area contributed by atoms with E-state index in [1.165, 1.54) is 12.4 Å². The molecule has 118 valence electrons. The molecule has 0 aliphatic rings. The van der Waals surface area contributed by atoms with Gasteiger partial charge in [-0.1, -0.05) is 6.92 Å². The summed E-state index contributed by atoms with van der Waals surface area (Å²) in [5, 5.41) is 3.17. The summed E-state index contributed by atoms with van der Waals surface area (Å²) in [6, 6.07) is 7.40. The van der Waals surface area contributed by atoms with Crippen LogP contribution in [0.25, 0.3) is 11.2 Å². The van der Waals surface area contributed by atoms with Crippen molar-refractivity contribution in [3.05, 3.63) is 47.0 Å². The fourth-order valence-electron chi connectivity index (χ4n) is 2.28. The topological polar surface area (TPSA) is 81.9 Å². The Labute approximate surface area is 133 Å². The van der Waals surface area contributed by atoms with Crippen LogP contribution in [0.3, 0.4) is 0 Å². The number of hydrogen-bond donors (Lipinski definition) is 1. The van der Waals surface area contributed by atoms with Gasteiger partial charge in [-0.2, -0.15) is 4.98 Å². The normalized spacial score (nSPS) is 10.7. The summed E-state index contributed by atoms with van der Waals surface area (Å²) < 4.78 is 6.73. The van der Waals surface area contributed by atoms with Gasteiger partial charge in [0.05, 0.1) is 7.11 Å². The van der Waals surface area contributed by atoms with E-state index in [1.54, 1.807) is 11.7 Å². The van der Waals surface area contributed by atoms with Crippen molar-refractivity contribution in [3.8, 4) is 5.75 Å². The summed E-state index contributed by atoms with van der Waals surface area (Å²) in [6.45, 7) is 2.56. The number of ether oxygens (including phenoxy) is 1. The molecule has 0 atom stereocenters. The predicted octanol–water partition coefficient (Wildman–Crippen LogP) is 2.35. The van der Waals surface area contributed by atoms with Crippen LogP contribution in [0.1, 0.15) is 13.3 Å². The van der Waals surface area contributed by atoms with Crippen LogP contribution in [0.15, 0.2) is 41.5 Å². The van der Waals surface area contributed by atoms with Crippen LogP contribution in [0.5, 0.6) is 5.75 Å². The molecular formula is C16H17N5O2. The van der Waals surface area contributed by atoms with Gasteiger partial charge in [-0.15, -0.1) is 0 Å². The molecule has 0 spiro atoms. The van der Waals surface area contributed by atoms with Crippen molar-refractivity contribution in [1.82, 2.24) is 19.5 Å². The predicted molar refractivity (Wildman–Crippen MR) is 88.2 cm³/mol. The summed E-state index contributed by atoms with van der Waals surface area (Å²) in [7, 11) is 1.62. The summed E-state index contributed by atoms with van der Waals surface area (Å²) in [4.78, 5) is 25.2. The molecule has 23 heavy (non-hydrogen) atoms. The summed E-state index contributed by atoms with van der Waals surface area (Å²) in [5.74, 6) is 1.22. The molecule has 3 aromatic rings. The fourth-order valence-corrected chi connectivity index (χ4v) is 2.28. The van der Waals surface area contributed by atoms with E-state index in [4.69, 9.17) is 4.74 Å². The highest BCUT2D eigenvalue weighted by Gasteiger charge is 2.12. The van der Waals surface area contributed by atoms with Gasteiger partial charge in [0.2, 0.25) is 5.95 Å². The molecular weight excluding hydrogens is 294 g/mol. The Bertz CT molecular complexity index is 874. The average molecular weight is 311 g/mol. The lowest BCUT2D eigenvalue weighted by molar-refractivity contribution is 0.415. The Morgan fingerprint density at radius 2 is 1.91 bits per heavy atom. The maximum Gasteiger partial charge on any atom is 0.283 e. The molecule has 0 fully saturated rings. The molecule has 0 unspecified atom stereocenters. The quantitative estimate of drug-likeness (QED) is 0.779. The van der Waals surface area contributed by atoms with Gasteiger partial charge >= 0.3 is 0 Å². The minimum absolute atomic E-state index is 0.194. The van der Waals surface area contributed by atoms with Gasteiger partial charge in [0.15, 0.2) is 11.2 Å². The van der Waals surface area contributed by atoms with Crippen LogP contribution in [-0.4, -0.2) is 26.6 Å². The van der Waals surface area contributed by atoms with Gasteiger partial charge < -0.3 is 10.1 Å². The Hall–Kier alpha value is -2.96. The van der Waals surface area contributed by atoms with E-state index >= 15 is 0 Å². The second kappa shape index (κ2) is 6.43. The van der Waals surface area contributed by atoms with Crippen molar-refractivity contribution in [2.24, 2.45) is 0 Å². The zero-order valence-electron chi connectivity index (χ0n) is 13.0. The van der Waals surface area contributed by atoms with Crippen molar-refractivity contribution in [1.29, 1.82) is 0 Å². The second-order valence-electron chi connectivity index (χ2n) is 4.97. The van der Waals surface area contributed by atoms with Crippen molar-refractivity contribution in [2.75, 3.05) is 12.4 Å². The summed E-state index contributed by atoms with van der Waals surface area (Å²) in [5.41, 5.74) is 1.23. The zero-order chi connectivity index (χ0) is 16.2. The lowest BCUT2D eigenvalue weighted by Gasteiger charge is -2.13. The molecule has 0 radical (unpaired) electrons. The molecule has 0 saturated carbocycles. The van der Waals surface area contributed by atoms with Crippen LogP contribution in [0.4, 0.5) is 11.6 Å². The molecule has 0 amide bonds. The van der Waals surface area contributed by atoms with E-state index in [2.05, 4.69) is 20.3 Å². The Kier molecular flexibility index (Phi) is 4.18. The molecule has 1 aromatic carbocycles. The SMILES string of the molecule is CCCn1c(Nc2ccc(OC)cc2)nc2nccnc2c1=O. The fraction of sp³-hybridized carbons (Fsp3) is 0.250. The van der Waals surface area contributed by atoms with Gasteiger partial charge in [0.1, 0.15) is 5.75 Å². The number of methoxy groups -OCH3 is 1. The van der Waals surface area contributed by atoms with Gasteiger partial charge in [0, 0.05) is 24.6 Å². The lowest BCUT2D eigenvalue weighted by Crippen LogP contribution is -2.25. The first-order chi connectivity index (χ1) is 11.2. The van der Waals surface area contributed by atoms with Crippen molar-refractivity contribution < 1.29 is 4.74 Å². The molecule has 2 heterocycles. The maximum atomic E-state index is 12.6. The van der Waals surface area contributed by atoms with Crippen molar-refractivity contribution in [3.63, 3.8) is 0 Å². The number of aromatic nitrogens is 4. The van der Waals surface area contributed by atoms with E-state index in [9.17, 15) is 4.79 Å². The molecule has 7 nitrogen and oxygen atoms in total. The van der Waals surface area contributed by atoms with Gasteiger partial charge in [-0.3, -0.25) is 9.36 Å². The average Bonchev–Trinajstić information content (AvgIpc) is 2.59. The Balaban J connectivity index is 2.07. The minimum Gasteiger partial charge on any atom is -0.497 e.